The van der Waals surface area contributed by atoms with Gasteiger partial charge in [-0.2, -0.15) is 0 Å². The molecule has 0 aliphatic carbocycles. The topological polar surface area (TPSA) is 97.0 Å². The SMILES string of the molecule is COc1ccc(C(=O)CCC(=O)NCC2CN(c3cccc(F)c3C3CCNCC3)C(=O)O2)cc1. The summed E-state index contributed by atoms with van der Waals surface area (Å²) in [6.45, 7) is 1.94. The Morgan fingerprint density at radius 2 is 1.89 bits per heavy atom. The number of ketones is 1. The van der Waals surface area contributed by atoms with Gasteiger partial charge in [0.05, 0.1) is 25.9 Å². The second-order valence-corrected chi connectivity index (χ2v) is 8.77. The van der Waals surface area contributed by atoms with Crippen LogP contribution in [-0.4, -0.2) is 57.2 Å². The van der Waals surface area contributed by atoms with Crippen LogP contribution in [0.5, 0.6) is 5.75 Å². The Morgan fingerprint density at radius 1 is 1.14 bits per heavy atom. The molecule has 8 nitrogen and oxygen atoms in total. The lowest BCUT2D eigenvalue weighted by molar-refractivity contribution is -0.121. The Kier molecular flexibility index (Phi) is 7.97. The molecule has 9 heteroatoms. The zero-order valence-electron chi connectivity index (χ0n) is 19.7. The molecule has 2 aliphatic heterocycles. The first kappa shape index (κ1) is 24.7. The van der Waals surface area contributed by atoms with E-state index in [1.807, 2.05) is 0 Å². The largest absolute Gasteiger partial charge is 0.497 e. The summed E-state index contributed by atoms with van der Waals surface area (Å²) in [7, 11) is 1.55. The van der Waals surface area contributed by atoms with Crippen molar-refractivity contribution in [2.45, 2.75) is 37.7 Å². The van der Waals surface area contributed by atoms with Gasteiger partial charge >= 0.3 is 6.09 Å². The maximum absolute atomic E-state index is 14.8. The molecule has 2 saturated heterocycles. The summed E-state index contributed by atoms with van der Waals surface area (Å²) in [5, 5.41) is 6.01. The molecule has 2 N–H and O–H groups in total. The Balaban J connectivity index is 1.30. The van der Waals surface area contributed by atoms with Crippen molar-refractivity contribution in [2.24, 2.45) is 0 Å². The summed E-state index contributed by atoms with van der Waals surface area (Å²) in [5.41, 5.74) is 1.59. The zero-order chi connectivity index (χ0) is 24.8. The molecule has 0 aromatic heterocycles. The number of carbonyl (C=O) groups is 3. The van der Waals surface area contributed by atoms with E-state index in [0.29, 0.717) is 22.6 Å². The fraction of sp³-hybridized carbons (Fsp3) is 0.423. The quantitative estimate of drug-likeness (QED) is 0.531. The van der Waals surface area contributed by atoms with Crippen molar-refractivity contribution in [3.63, 3.8) is 0 Å². The number of amides is 2. The van der Waals surface area contributed by atoms with E-state index in [1.165, 1.54) is 11.0 Å². The minimum Gasteiger partial charge on any atom is -0.497 e. The van der Waals surface area contributed by atoms with E-state index in [4.69, 9.17) is 9.47 Å². The standard InChI is InChI=1S/C26H30FN3O5/c1-34-19-7-5-17(6-8-19)23(31)9-10-24(32)29-15-20-16-30(26(33)35-20)22-4-2-3-21(27)25(22)18-11-13-28-14-12-18/h2-8,18,20,28H,9-16H2,1H3,(H,29,32). The van der Waals surface area contributed by atoms with E-state index in [-0.39, 0.29) is 49.4 Å². The number of halogens is 1. The lowest BCUT2D eigenvalue weighted by Gasteiger charge is -2.27. The van der Waals surface area contributed by atoms with Crippen molar-refractivity contribution in [3.05, 3.63) is 59.4 Å². The average Bonchev–Trinajstić information content (AvgIpc) is 3.26. The molecule has 1 atom stereocenters. The van der Waals surface area contributed by atoms with Crippen molar-refractivity contribution < 1.29 is 28.2 Å². The number of methoxy groups -OCH3 is 1. The van der Waals surface area contributed by atoms with Crippen LogP contribution in [0.25, 0.3) is 0 Å². The number of carbonyl (C=O) groups excluding carboxylic acids is 3. The molecule has 4 rings (SSSR count). The highest BCUT2D eigenvalue weighted by Gasteiger charge is 2.35. The predicted molar refractivity (Wildman–Crippen MR) is 128 cm³/mol. The third-order valence-electron chi connectivity index (χ3n) is 6.46. The summed E-state index contributed by atoms with van der Waals surface area (Å²) in [6, 6.07) is 11.5. The van der Waals surface area contributed by atoms with Gasteiger partial charge in [-0.15, -0.1) is 0 Å². The molecule has 2 aliphatic rings. The maximum atomic E-state index is 14.8. The molecule has 0 saturated carbocycles. The maximum Gasteiger partial charge on any atom is 0.414 e. The van der Waals surface area contributed by atoms with Crippen molar-refractivity contribution in [1.82, 2.24) is 10.6 Å². The van der Waals surface area contributed by atoms with Crippen molar-refractivity contribution in [3.8, 4) is 5.75 Å². The van der Waals surface area contributed by atoms with Crippen LogP contribution >= 0.6 is 0 Å². The highest BCUT2D eigenvalue weighted by atomic mass is 19.1. The molecular weight excluding hydrogens is 453 g/mol. The predicted octanol–water partition coefficient (Wildman–Crippen LogP) is 3.41. The van der Waals surface area contributed by atoms with Crippen LogP contribution in [0.2, 0.25) is 0 Å². The monoisotopic (exact) mass is 483 g/mol. The van der Waals surface area contributed by atoms with E-state index >= 15 is 0 Å². The molecule has 35 heavy (non-hydrogen) atoms. The molecular formula is C26H30FN3O5. The summed E-state index contributed by atoms with van der Waals surface area (Å²) in [5.74, 6) is -0.0800. The van der Waals surface area contributed by atoms with Gasteiger partial charge in [-0.05, 0) is 68.2 Å². The number of ether oxygens (including phenoxy) is 2. The van der Waals surface area contributed by atoms with Gasteiger partial charge in [0.1, 0.15) is 17.7 Å². The second kappa shape index (κ2) is 11.3. The first-order valence-corrected chi connectivity index (χ1v) is 11.9. The average molecular weight is 484 g/mol. The van der Waals surface area contributed by atoms with Gasteiger partial charge in [0.15, 0.2) is 5.78 Å². The highest BCUT2D eigenvalue weighted by Crippen LogP contribution is 2.36. The number of nitrogens with zero attached hydrogens (tertiary/aromatic N) is 1. The van der Waals surface area contributed by atoms with Gasteiger partial charge in [0.2, 0.25) is 5.91 Å². The number of Topliss-reactive ketones (excluding diaryl/α,β-unsaturated/α-hetero) is 1. The molecule has 1 unspecified atom stereocenters. The summed E-state index contributed by atoms with van der Waals surface area (Å²) in [4.78, 5) is 38.6. The van der Waals surface area contributed by atoms with Crippen LogP contribution in [0.1, 0.15) is 47.5 Å². The van der Waals surface area contributed by atoms with Crippen LogP contribution in [-0.2, 0) is 9.53 Å². The number of cyclic esters (lactones) is 1. The lowest BCUT2D eigenvalue weighted by atomic mass is 9.88. The Morgan fingerprint density at radius 3 is 2.60 bits per heavy atom. The molecule has 0 bridgehead atoms. The van der Waals surface area contributed by atoms with Crippen LogP contribution in [0.15, 0.2) is 42.5 Å². The molecule has 2 aromatic rings. The van der Waals surface area contributed by atoms with Crippen molar-refractivity contribution in [1.29, 1.82) is 0 Å². The number of benzene rings is 2. The van der Waals surface area contributed by atoms with E-state index in [9.17, 15) is 18.8 Å². The fourth-order valence-electron chi connectivity index (χ4n) is 4.56. The van der Waals surface area contributed by atoms with Crippen molar-refractivity contribution in [2.75, 3.05) is 38.2 Å². The number of anilines is 1. The summed E-state index contributed by atoms with van der Waals surface area (Å²) in [6.07, 6.45) is 0.570. The molecule has 2 heterocycles. The number of nitrogens with one attached hydrogen (secondary N) is 2. The third kappa shape index (κ3) is 5.97. The molecule has 2 fully saturated rings. The summed E-state index contributed by atoms with van der Waals surface area (Å²) >= 11 is 0. The Labute approximate surface area is 203 Å². The first-order chi connectivity index (χ1) is 17.0. The minimum absolute atomic E-state index is 0.0268. The molecule has 0 spiro atoms. The first-order valence-electron chi connectivity index (χ1n) is 11.9. The van der Waals surface area contributed by atoms with E-state index in [0.717, 1.165) is 25.9 Å². The number of hydrogen-bond acceptors (Lipinski definition) is 6. The van der Waals surface area contributed by atoms with E-state index in [2.05, 4.69) is 10.6 Å². The number of hydrogen-bond donors (Lipinski definition) is 2. The highest BCUT2D eigenvalue weighted by molar-refractivity contribution is 5.98. The van der Waals surface area contributed by atoms with Crippen LogP contribution in [0, 0.1) is 5.82 Å². The van der Waals surface area contributed by atoms with Crippen LogP contribution < -0.4 is 20.3 Å². The molecule has 186 valence electrons. The molecule has 2 amide bonds. The Bertz CT molecular complexity index is 1070. The van der Waals surface area contributed by atoms with E-state index in [1.54, 1.807) is 43.5 Å². The number of piperidine rings is 1. The lowest BCUT2D eigenvalue weighted by Crippen LogP contribution is -2.35. The molecule has 2 aromatic carbocycles. The Hall–Kier alpha value is -3.46. The number of rotatable bonds is 9. The minimum atomic E-state index is -0.562. The molecule has 0 radical (unpaired) electrons. The normalized spacial score (nSPS) is 18.3. The van der Waals surface area contributed by atoms with Gasteiger partial charge in [-0.25, -0.2) is 9.18 Å². The van der Waals surface area contributed by atoms with Crippen LogP contribution in [0.3, 0.4) is 0 Å². The smallest absolute Gasteiger partial charge is 0.414 e. The van der Waals surface area contributed by atoms with Gasteiger partial charge in [-0.3, -0.25) is 14.5 Å². The van der Waals surface area contributed by atoms with Gasteiger partial charge in [0.25, 0.3) is 0 Å². The fourth-order valence-corrected chi connectivity index (χ4v) is 4.56. The third-order valence-corrected chi connectivity index (χ3v) is 6.46. The van der Waals surface area contributed by atoms with Gasteiger partial charge in [0, 0.05) is 24.0 Å². The second-order valence-electron chi connectivity index (χ2n) is 8.77. The summed E-state index contributed by atoms with van der Waals surface area (Å²) < 4.78 is 25.3. The van der Waals surface area contributed by atoms with E-state index < -0.39 is 12.2 Å². The van der Waals surface area contributed by atoms with Crippen LogP contribution in [0.4, 0.5) is 14.9 Å². The van der Waals surface area contributed by atoms with Gasteiger partial charge < -0.3 is 20.1 Å². The zero-order valence-corrected chi connectivity index (χ0v) is 19.7. The van der Waals surface area contributed by atoms with Crippen molar-refractivity contribution >= 4 is 23.5 Å². The van der Waals surface area contributed by atoms with Gasteiger partial charge in [-0.1, -0.05) is 6.07 Å².